The quantitative estimate of drug-likeness (QED) is 0.828. The third-order valence-electron chi connectivity index (χ3n) is 5.42. The molecule has 2 aliphatic heterocycles. The highest BCUT2D eigenvalue weighted by atomic mass is 16.5. The van der Waals surface area contributed by atoms with E-state index in [1.165, 1.54) is 11.1 Å². The first kappa shape index (κ1) is 17.3. The first-order valence-corrected chi connectivity index (χ1v) is 9.44. The van der Waals surface area contributed by atoms with Crippen molar-refractivity contribution in [3.05, 3.63) is 60.1 Å². The topological polar surface area (TPSA) is 45.9 Å². The number of hydrogen-bond donors (Lipinski definition) is 0. The summed E-state index contributed by atoms with van der Waals surface area (Å²) in [5.41, 5.74) is 2.41. The van der Waals surface area contributed by atoms with Crippen LogP contribution in [0.2, 0.25) is 0 Å². The largest absolute Gasteiger partial charge is 0.472 e. The van der Waals surface area contributed by atoms with E-state index in [1.54, 1.807) is 12.5 Å². The smallest absolute Gasteiger partial charge is 0.223 e. The summed E-state index contributed by atoms with van der Waals surface area (Å²) in [7, 11) is 0. The molecule has 1 aromatic carbocycles. The maximum absolute atomic E-state index is 12.6. The van der Waals surface area contributed by atoms with Crippen molar-refractivity contribution >= 4 is 5.91 Å². The fourth-order valence-corrected chi connectivity index (χ4v) is 4.00. The molecule has 5 heteroatoms. The molecule has 0 saturated carbocycles. The maximum atomic E-state index is 12.6. The van der Waals surface area contributed by atoms with E-state index in [-0.39, 0.29) is 12.0 Å². The molecule has 0 N–H and O–H groups in total. The van der Waals surface area contributed by atoms with Gasteiger partial charge in [0.25, 0.3) is 0 Å². The number of carbonyl (C=O) groups is 1. The normalized spacial score (nSPS) is 23.6. The van der Waals surface area contributed by atoms with Crippen molar-refractivity contribution in [3.63, 3.8) is 0 Å². The van der Waals surface area contributed by atoms with Gasteiger partial charge < -0.3 is 14.1 Å². The van der Waals surface area contributed by atoms with E-state index in [1.807, 2.05) is 29.2 Å². The molecule has 138 valence electrons. The van der Waals surface area contributed by atoms with E-state index in [4.69, 9.17) is 9.15 Å². The van der Waals surface area contributed by atoms with Crippen LogP contribution in [-0.2, 0) is 22.5 Å². The first-order valence-electron chi connectivity index (χ1n) is 9.44. The monoisotopic (exact) mass is 354 g/mol. The van der Waals surface area contributed by atoms with Crippen LogP contribution in [0.25, 0.3) is 0 Å². The molecule has 1 aromatic heterocycles. The molecule has 0 unspecified atom stereocenters. The Hall–Kier alpha value is -2.11. The SMILES string of the molecule is O=C(CCc1ccccc1)N1C[C@H]2CN(Cc3ccoc3)CCO[C@H]2C1. The van der Waals surface area contributed by atoms with Gasteiger partial charge in [-0.3, -0.25) is 9.69 Å². The molecular weight excluding hydrogens is 328 g/mol. The van der Waals surface area contributed by atoms with Crippen molar-refractivity contribution in [2.75, 3.05) is 32.8 Å². The van der Waals surface area contributed by atoms with E-state index < -0.39 is 0 Å². The van der Waals surface area contributed by atoms with Crippen molar-refractivity contribution in [1.82, 2.24) is 9.80 Å². The maximum Gasteiger partial charge on any atom is 0.223 e. The van der Waals surface area contributed by atoms with E-state index >= 15 is 0 Å². The predicted octanol–water partition coefficient (Wildman–Crippen LogP) is 2.57. The van der Waals surface area contributed by atoms with Crippen molar-refractivity contribution in [1.29, 1.82) is 0 Å². The number of aryl methyl sites for hydroxylation is 1. The highest BCUT2D eigenvalue weighted by Crippen LogP contribution is 2.25. The van der Waals surface area contributed by atoms with E-state index in [0.717, 1.165) is 45.8 Å². The summed E-state index contributed by atoms with van der Waals surface area (Å²) in [5.74, 6) is 0.636. The van der Waals surface area contributed by atoms with Gasteiger partial charge in [-0.1, -0.05) is 30.3 Å². The van der Waals surface area contributed by atoms with E-state index in [0.29, 0.717) is 12.3 Å². The molecule has 2 atom stereocenters. The third kappa shape index (κ3) is 4.17. The number of nitrogens with zero attached hydrogens (tertiary/aromatic N) is 2. The van der Waals surface area contributed by atoms with Gasteiger partial charge in [0.1, 0.15) is 0 Å². The Balaban J connectivity index is 1.31. The molecule has 0 aliphatic carbocycles. The van der Waals surface area contributed by atoms with Crippen LogP contribution in [0.4, 0.5) is 0 Å². The summed E-state index contributed by atoms with van der Waals surface area (Å²) in [6.07, 6.45) is 5.07. The summed E-state index contributed by atoms with van der Waals surface area (Å²) in [4.78, 5) is 17.0. The van der Waals surface area contributed by atoms with Crippen LogP contribution in [0, 0.1) is 5.92 Å². The second-order valence-corrected chi connectivity index (χ2v) is 7.32. The van der Waals surface area contributed by atoms with Crippen LogP contribution in [0.1, 0.15) is 17.5 Å². The summed E-state index contributed by atoms with van der Waals surface area (Å²) < 4.78 is 11.2. The number of likely N-dealkylation sites (tertiary alicyclic amines) is 1. The molecule has 4 rings (SSSR count). The molecule has 2 aromatic rings. The van der Waals surface area contributed by atoms with Gasteiger partial charge >= 0.3 is 0 Å². The number of ether oxygens (including phenoxy) is 1. The first-order chi connectivity index (χ1) is 12.8. The van der Waals surface area contributed by atoms with Gasteiger partial charge in [-0.25, -0.2) is 0 Å². The molecule has 26 heavy (non-hydrogen) atoms. The highest BCUT2D eigenvalue weighted by molar-refractivity contribution is 5.76. The van der Waals surface area contributed by atoms with Crippen LogP contribution in [0.3, 0.4) is 0 Å². The zero-order valence-corrected chi connectivity index (χ0v) is 15.0. The Kier molecular flexibility index (Phi) is 5.37. The number of benzene rings is 1. The minimum Gasteiger partial charge on any atom is -0.472 e. The molecule has 3 heterocycles. The van der Waals surface area contributed by atoms with Crippen LogP contribution >= 0.6 is 0 Å². The van der Waals surface area contributed by atoms with Crippen LogP contribution < -0.4 is 0 Å². The molecular formula is C21H26N2O3. The number of furan rings is 1. The average Bonchev–Trinajstić information content (AvgIpc) is 3.27. The van der Waals surface area contributed by atoms with Crippen LogP contribution in [0.5, 0.6) is 0 Å². The lowest BCUT2D eigenvalue weighted by atomic mass is 10.1. The molecule has 2 fully saturated rings. The van der Waals surface area contributed by atoms with Crippen molar-refractivity contribution in [3.8, 4) is 0 Å². The van der Waals surface area contributed by atoms with E-state index in [9.17, 15) is 4.79 Å². The Morgan fingerprint density at radius 2 is 1.96 bits per heavy atom. The molecule has 1 amide bonds. The Morgan fingerprint density at radius 1 is 1.08 bits per heavy atom. The Morgan fingerprint density at radius 3 is 2.77 bits per heavy atom. The number of carbonyl (C=O) groups excluding carboxylic acids is 1. The lowest BCUT2D eigenvalue weighted by Crippen LogP contribution is -2.33. The molecule has 5 nitrogen and oxygen atoms in total. The molecule has 2 aliphatic rings. The standard InChI is InChI=1S/C21H26N2O3/c24-21(7-6-17-4-2-1-3-5-17)23-14-19-13-22(9-11-26-20(19)15-23)12-18-8-10-25-16-18/h1-5,8,10,16,19-20H,6-7,9,11-15H2/t19-,20+/m1/s1. The van der Waals surface area contributed by atoms with Crippen LogP contribution in [-0.4, -0.2) is 54.6 Å². The number of fused-ring (bicyclic) bond motifs is 1. The minimum atomic E-state index is 0.171. The van der Waals surface area contributed by atoms with Crippen molar-refractivity contribution in [2.45, 2.75) is 25.5 Å². The van der Waals surface area contributed by atoms with Crippen molar-refractivity contribution in [2.24, 2.45) is 5.92 Å². The zero-order valence-electron chi connectivity index (χ0n) is 15.0. The Bertz CT molecular complexity index is 701. The highest BCUT2D eigenvalue weighted by Gasteiger charge is 2.38. The minimum absolute atomic E-state index is 0.171. The number of amides is 1. The summed E-state index contributed by atoms with van der Waals surface area (Å²) in [6.45, 7) is 5.05. The van der Waals surface area contributed by atoms with Gasteiger partial charge in [0.2, 0.25) is 5.91 Å². The van der Waals surface area contributed by atoms with Crippen LogP contribution in [0.15, 0.2) is 53.3 Å². The summed E-state index contributed by atoms with van der Waals surface area (Å²) >= 11 is 0. The van der Waals surface area contributed by atoms with Crippen molar-refractivity contribution < 1.29 is 13.9 Å². The van der Waals surface area contributed by atoms with Gasteiger partial charge in [0, 0.05) is 50.6 Å². The number of hydrogen-bond acceptors (Lipinski definition) is 4. The van der Waals surface area contributed by atoms with E-state index in [2.05, 4.69) is 17.0 Å². The van der Waals surface area contributed by atoms with Gasteiger partial charge in [0.05, 0.1) is 25.2 Å². The summed E-state index contributed by atoms with van der Waals surface area (Å²) in [6, 6.07) is 12.2. The predicted molar refractivity (Wildman–Crippen MR) is 98.6 cm³/mol. The fourth-order valence-electron chi connectivity index (χ4n) is 4.00. The molecule has 0 radical (unpaired) electrons. The second kappa shape index (κ2) is 8.06. The molecule has 0 spiro atoms. The second-order valence-electron chi connectivity index (χ2n) is 7.32. The van der Waals surface area contributed by atoms with Gasteiger partial charge in [0.15, 0.2) is 0 Å². The molecule has 0 bridgehead atoms. The lowest BCUT2D eigenvalue weighted by molar-refractivity contribution is -0.130. The number of rotatable bonds is 5. The van der Waals surface area contributed by atoms with Gasteiger partial charge in [-0.05, 0) is 18.1 Å². The lowest BCUT2D eigenvalue weighted by Gasteiger charge is -2.22. The third-order valence-corrected chi connectivity index (χ3v) is 5.42. The van der Waals surface area contributed by atoms with Gasteiger partial charge in [-0.2, -0.15) is 0 Å². The fraction of sp³-hybridized carbons (Fsp3) is 0.476. The Labute approximate surface area is 154 Å². The zero-order chi connectivity index (χ0) is 17.8. The molecule has 2 saturated heterocycles. The summed E-state index contributed by atoms with van der Waals surface area (Å²) in [5, 5.41) is 0. The van der Waals surface area contributed by atoms with Gasteiger partial charge in [-0.15, -0.1) is 0 Å². The average molecular weight is 354 g/mol.